The van der Waals surface area contributed by atoms with E-state index in [2.05, 4.69) is 11.5 Å². The van der Waals surface area contributed by atoms with Crippen LogP contribution in [0.1, 0.15) is 25.3 Å². The normalized spacial score (nSPS) is 21.0. The summed E-state index contributed by atoms with van der Waals surface area (Å²) >= 11 is 0. The molecule has 1 fully saturated rings. The van der Waals surface area contributed by atoms with Crippen molar-refractivity contribution < 1.29 is 9.50 Å². The summed E-state index contributed by atoms with van der Waals surface area (Å²) in [5.74, 6) is -0.0422. The van der Waals surface area contributed by atoms with Gasteiger partial charge in [0.05, 0.1) is 5.60 Å². The van der Waals surface area contributed by atoms with Crippen LogP contribution in [-0.4, -0.2) is 29.6 Å². The molecule has 1 saturated heterocycles. The van der Waals surface area contributed by atoms with E-state index in [-0.39, 0.29) is 11.7 Å². The molecule has 0 radical (unpaired) electrons. The Balaban J connectivity index is 2.04. The van der Waals surface area contributed by atoms with Crippen LogP contribution in [0.25, 0.3) is 0 Å². The number of benzene rings is 1. The number of nitrogens with zero attached hydrogens (tertiary/aromatic N) is 1. The summed E-state index contributed by atoms with van der Waals surface area (Å²) in [7, 11) is 0. The molecule has 1 aromatic rings. The van der Waals surface area contributed by atoms with Gasteiger partial charge in [0.1, 0.15) is 5.82 Å². The van der Waals surface area contributed by atoms with E-state index in [1.807, 2.05) is 13.0 Å². The van der Waals surface area contributed by atoms with E-state index >= 15 is 0 Å². The van der Waals surface area contributed by atoms with Gasteiger partial charge in [0.25, 0.3) is 0 Å². The Kier molecular flexibility index (Phi) is 4.38. The van der Waals surface area contributed by atoms with Gasteiger partial charge in [-0.15, -0.1) is 6.58 Å². The molecule has 3 heteroatoms. The lowest BCUT2D eigenvalue weighted by Crippen LogP contribution is -2.42. The Hall–Kier alpha value is -1.19. The molecule has 0 aromatic heterocycles. The number of halogens is 1. The first kappa shape index (κ1) is 14.2. The van der Waals surface area contributed by atoms with Gasteiger partial charge in [0, 0.05) is 6.54 Å². The zero-order valence-electron chi connectivity index (χ0n) is 11.5. The van der Waals surface area contributed by atoms with Crippen LogP contribution in [0, 0.1) is 11.7 Å². The maximum atomic E-state index is 13.0. The van der Waals surface area contributed by atoms with Crippen molar-refractivity contribution in [1.29, 1.82) is 0 Å². The Bertz CT molecular complexity index is 419. The van der Waals surface area contributed by atoms with Crippen LogP contribution < -0.4 is 0 Å². The molecule has 19 heavy (non-hydrogen) atoms. The number of likely N-dealkylation sites (tertiary alicyclic amines) is 1. The Morgan fingerprint density at radius 1 is 1.37 bits per heavy atom. The SMILES string of the molecule is C=CCN1CCC(C(C)(O)c2ccc(F)cc2)CC1. The number of aliphatic hydroxyl groups is 1. The van der Waals surface area contributed by atoms with Crippen molar-refractivity contribution in [3.05, 3.63) is 48.3 Å². The third-order valence-electron chi connectivity index (χ3n) is 4.20. The summed E-state index contributed by atoms with van der Waals surface area (Å²) in [6, 6.07) is 6.20. The summed E-state index contributed by atoms with van der Waals surface area (Å²) in [6.07, 6.45) is 3.83. The second-order valence-corrected chi connectivity index (χ2v) is 5.52. The maximum absolute atomic E-state index is 13.0. The largest absolute Gasteiger partial charge is 0.385 e. The van der Waals surface area contributed by atoms with E-state index < -0.39 is 5.60 Å². The van der Waals surface area contributed by atoms with Gasteiger partial charge in [-0.1, -0.05) is 18.2 Å². The molecule has 2 rings (SSSR count). The number of piperidine rings is 1. The van der Waals surface area contributed by atoms with E-state index in [9.17, 15) is 9.50 Å². The van der Waals surface area contributed by atoms with Gasteiger partial charge in [0.15, 0.2) is 0 Å². The lowest BCUT2D eigenvalue weighted by Gasteiger charge is -2.39. The molecule has 2 nitrogen and oxygen atoms in total. The van der Waals surface area contributed by atoms with Gasteiger partial charge in [-0.25, -0.2) is 4.39 Å². The summed E-state index contributed by atoms with van der Waals surface area (Å²) in [4.78, 5) is 2.34. The van der Waals surface area contributed by atoms with Gasteiger partial charge in [-0.2, -0.15) is 0 Å². The highest BCUT2D eigenvalue weighted by molar-refractivity contribution is 5.23. The Labute approximate surface area is 114 Å². The van der Waals surface area contributed by atoms with Gasteiger partial charge in [-0.05, 0) is 56.5 Å². The minimum absolute atomic E-state index is 0.221. The predicted molar refractivity (Wildman–Crippen MR) is 75.3 cm³/mol. The van der Waals surface area contributed by atoms with Crippen LogP contribution in [0.15, 0.2) is 36.9 Å². The minimum Gasteiger partial charge on any atom is -0.385 e. The van der Waals surface area contributed by atoms with Crippen molar-refractivity contribution in [1.82, 2.24) is 4.90 Å². The fourth-order valence-corrected chi connectivity index (χ4v) is 2.88. The molecule has 1 heterocycles. The minimum atomic E-state index is -0.881. The molecule has 0 aliphatic carbocycles. The van der Waals surface area contributed by atoms with Crippen LogP contribution in [0.2, 0.25) is 0 Å². The van der Waals surface area contributed by atoms with Gasteiger partial charge in [0.2, 0.25) is 0 Å². The highest BCUT2D eigenvalue weighted by atomic mass is 19.1. The highest BCUT2D eigenvalue weighted by Crippen LogP contribution is 2.36. The molecule has 1 aliphatic rings. The van der Waals surface area contributed by atoms with Crippen LogP contribution in [-0.2, 0) is 5.60 Å². The van der Waals surface area contributed by atoms with Crippen LogP contribution in [0.4, 0.5) is 4.39 Å². The third kappa shape index (κ3) is 3.23. The summed E-state index contributed by atoms with van der Waals surface area (Å²) < 4.78 is 13.0. The lowest BCUT2D eigenvalue weighted by molar-refractivity contribution is -0.0317. The van der Waals surface area contributed by atoms with Gasteiger partial charge >= 0.3 is 0 Å². The highest BCUT2D eigenvalue weighted by Gasteiger charge is 2.35. The van der Waals surface area contributed by atoms with Crippen LogP contribution in [0.3, 0.4) is 0 Å². The third-order valence-corrected chi connectivity index (χ3v) is 4.20. The number of hydrogen-bond acceptors (Lipinski definition) is 2. The standard InChI is InChI=1S/C16H22FNO/c1-3-10-18-11-8-14(9-12-18)16(2,19)13-4-6-15(17)7-5-13/h3-7,14,19H,1,8-12H2,2H3. The first-order valence-corrected chi connectivity index (χ1v) is 6.85. The first-order chi connectivity index (χ1) is 9.04. The maximum Gasteiger partial charge on any atom is 0.123 e. The second-order valence-electron chi connectivity index (χ2n) is 5.52. The molecule has 1 atom stereocenters. The Morgan fingerprint density at radius 2 is 1.95 bits per heavy atom. The molecule has 1 N–H and O–H groups in total. The molecular formula is C16H22FNO. The molecule has 1 aromatic carbocycles. The van der Waals surface area contributed by atoms with Crippen molar-refractivity contribution in [2.45, 2.75) is 25.4 Å². The van der Waals surface area contributed by atoms with E-state index in [0.29, 0.717) is 0 Å². The van der Waals surface area contributed by atoms with Gasteiger partial charge < -0.3 is 5.11 Å². The van der Waals surface area contributed by atoms with E-state index in [1.54, 1.807) is 12.1 Å². The van der Waals surface area contributed by atoms with Crippen molar-refractivity contribution in [2.24, 2.45) is 5.92 Å². The molecule has 0 saturated carbocycles. The second kappa shape index (κ2) is 5.85. The van der Waals surface area contributed by atoms with Gasteiger partial charge in [-0.3, -0.25) is 4.90 Å². The molecule has 1 aliphatic heterocycles. The smallest absolute Gasteiger partial charge is 0.123 e. The molecule has 0 bridgehead atoms. The van der Waals surface area contributed by atoms with E-state index in [4.69, 9.17) is 0 Å². The molecule has 0 spiro atoms. The fourth-order valence-electron chi connectivity index (χ4n) is 2.88. The molecule has 0 amide bonds. The molecular weight excluding hydrogens is 241 g/mol. The summed E-state index contributed by atoms with van der Waals surface area (Å²) in [5, 5.41) is 10.8. The van der Waals surface area contributed by atoms with Crippen molar-refractivity contribution in [3.63, 3.8) is 0 Å². The van der Waals surface area contributed by atoms with Crippen LogP contribution in [0.5, 0.6) is 0 Å². The topological polar surface area (TPSA) is 23.5 Å². The number of rotatable bonds is 4. The Morgan fingerprint density at radius 3 is 2.47 bits per heavy atom. The average Bonchev–Trinajstić information content (AvgIpc) is 2.40. The van der Waals surface area contributed by atoms with E-state index in [1.165, 1.54) is 12.1 Å². The summed E-state index contributed by atoms with van der Waals surface area (Å²) in [6.45, 7) is 8.46. The van der Waals surface area contributed by atoms with E-state index in [0.717, 1.165) is 38.0 Å². The first-order valence-electron chi connectivity index (χ1n) is 6.85. The zero-order valence-corrected chi connectivity index (χ0v) is 11.5. The quantitative estimate of drug-likeness (QED) is 0.844. The van der Waals surface area contributed by atoms with Crippen molar-refractivity contribution in [3.8, 4) is 0 Å². The van der Waals surface area contributed by atoms with Crippen LogP contribution >= 0.6 is 0 Å². The fraction of sp³-hybridized carbons (Fsp3) is 0.500. The van der Waals surface area contributed by atoms with Crippen molar-refractivity contribution >= 4 is 0 Å². The lowest BCUT2D eigenvalue weighted by atomic mass is 9.77. The number of hydrogen-bond donors (Lipinski definition) is 1. The molecule has 104 valence electrons. The zero-order chi connectivity index (χ0) is 13.9. The predicted octanol–water partition coefficient (Wildman–Crippen LogP) is 2.93. The summed E-state index contributed by atoms with van der Waals surface area (Å²) in [5.41, 5.74) is -0.0791. The monoisotopic (exact) mass is 263 g/mol. The molecule has 1 unspecified atom stereocenters. The van der Waals surface area contributed by atoms with Crippen molar-refractivity contribution in [2.75, 3.05) is 19.6 Å². The average molecular weight is 263 g/mol.